The Bertz CT molecular complexity index is 629. The van der Waals surface area contributed by atoms with E-state index in [1.807, 2.05) is 11.8 Å². The first kappa shape index (κ1) is 15.7. The number of halogens is 3. The monoisotopic (exact) mass is 419 g/mol. The van der Waals surface area contributed by atoms with Crippen molar-refractivity contribution >= 4 is 54.7 Å². The number of carbonyl (C=O) groups excluding carboxylic acids is 1. The Morgan fingerprint density at radius 2 is 2.10 bits per heavy atom. The number of likely N-dealkylation sites (N-methyl/N-ethyl adjacent to an activating group) is 1. The number of rotatable bonds is 5. The normalized spacial score (nSPS) is 10.6. The largest absolute Gasteiger partial charge is 0.364 e. The molecule has 106 valence electrons. The highest BCUT2D eigenvalue weighted by molar-refractivity contribution is 9.12. The molecule has 1 aromatic heterocycles. The van der Waals surface area contributed by atoms with E-state index in [2.05, 4.69) is 31.9 Å². The number of hydrogen-bond donors (Lipinski definition) is 0. The van der Waals surface area contributed by atoms with Crippen LogP contribution in [-0.4, -0.2) is 18.9 Å². The molecular formula is C14H12Br2FNOS. The zero-order valence-electron chi connectivity index (χ0n) is 10.7. The number of carbonyl (C=O) groups is 1. The van der Waals surface area contributed by atoms with Crippen molar-refractivity contribution in [1.29, 1.82) is 0 Å². The molecule has 0 unspecified atom stereocenters. The minimum Gasteiger partial charge on any atom is -0.364 e. The third kappa shape index (κ3) is 3.68. The van der Waals surface area contributed by atoms with Crippen LogP contribution >= 0.6 is 43.2 Å². The first-order valence-electron chi connectivity index (χ1n) is 5.99. The van der Waals surface area contributed by atoms with E-state index < -0.39 is 0 Å². The molecule has 1 aromatic carbocycles. The lowest BCUT2D eigenvalue weighted by Crippen LogP contribution is -2.29. The molecular weight excluding hydrogens is 409 g/mol. The van der Waals surface area contributed by atoms with Gasteiger partial charge in [-0.15, -0.1) is 11.3 Å². The van der Waals surface area contributed by atoms with E-state index >= 15 is 0 Å². The molecule has 0 atom stereocenters. The molecule has 0 saturated heterocycles. The molecule has 0 aliphatic heterocycles. The van der Waals surface area contributed by atoms with E-state index in [9.17, 15) is 9.18 Å². The average molecular weight is 421 g/mol. The smallest absolute Gasteiger partial charge is 0.184 e. The summed E-state index contributed by atoms with van der Waals surface area (Å²) in [5.41, 5.74) is 1.36. The first-order valence-corrected chi connectivity index (χ1v) is 8.40. The SMILES string of the molecule is CCN(CC(=O)c1cc(Br)sc1Br)c1cccc(F)c1. The summed E-state index contributed by atoms with van der Waals surface area (Å²) in [5.74, 6) is -0.294. The molecule has 2 nitrogen and oxygen atoms in total. The highest BCUT2D eigenvalue weighted by Crippen LogP contribution is 2.32. The highest BCUT2D eigenvalue weighted by Gasteiger charge is 2.17. The number of ketones is 1. The van der Waals surface area contributed by atoms with Crippen molar-refractivity contribution in [3.8, 4) is 0 Å². The third-order valence-electron chi connectivity index (χ3n) is 2.85. The summed E-state index contributed by atoms with van der Waals surface area (Å²) in [7, 11) is 0. The van der Waals surface area contributed by atoms with Crippen LogP contribution in [0.4, 0.5) is 10.1 Å². The molecule has 0 radical (unpaired) electrons. The summed E-state index contributed by atoms with van der Waals surface area (Å²) in [6, 6.07) is 8.09. The Morgan fingerprint density at radius 1 is 1.35 bits per heavy atom. The Labute approximate surface area is 137 Å². The van der Waals surface area contributed by atoms with Gasteiger partial charge in [-0.2, -0.15) is 0 Å². The van der Waals surface area contributed by atoms with Crippen LogP contribution in [0.2, 0.25) is 0 Å². The van der Waals surface area contributed by atoms with E-state index in [0.717, 1.165) is 7.57 Å². The fourth-order valence-electron chi connectivity index (χ4n) is 1.85. The second-order valence-corrected chi connectivity index (χ2v) is 7.90. The Kier molecular flexibility index (Phi) is 5.35. The Hall–Kier alpha value is -0.720. The van der Waals surface area contributed by atoms with Crippen LogP contribution in [0.25, 0.3) is 0 Å². The molecule has 0 aliphatic carbocycles. The molecule has 0 aliphatic rings. The quantitative estimate of drug-likeness (QED) is 0.625. The van der Waals surface area contributed by atoms with Crippen LogP contribution in [-0.2, 0) is 0 Å². The predicted molar refractivity (Wildman–Crippen MR) is 88.3 cm³/mol. The average Bonchev–Trinajstić information content (AvgIpc) is 2.75. The minimum absolute atomic E-state index is 0.00457. The van der Waals surface area contributed by atoms with Crippen LogP contribution in [0.1, 0.15) is 17.3 Å². The zero-order chi connectivity index (χ0) is 14.7. The summed E-state index contributed by atoms with van der Waals surface area (Å²) in [6.45, 7) is 2.80. The predicted octanol–water partition coefficient (Wildman–Crippen LogP) is 5.12. The van der Waals surface area contributed by atoms with Crippen molar-refractivity contribution in [3.63, 3.8) is 0 Å². The maximum Gasteiger partial charge on any atom is 0.184 e. The summed E-state index contributed by atoms with van der Waals surface area (Å²) >= 11 is 8.21. The Morgan fingerprint density at radius 3 is 2.65 bits per heavy atom. The van der Waals surface area contributed by atoms with Gasteiger partial charge in [0.05, 0.1) is 14.1 Å². The van der Waals surface area contributed by atoms with E-state index in [4.69, 9.17) is 0 Å². The zero-order valence-corrected chi connectivity index (χ0v) is 14.7. The summed E-state index contributed by atoms with van der Waals surface area (Å²) in [5, 5.41) is 0. The maximum atomic E-state index is 13.3. The van der Waals surface area contributed by atoms with Gasteiger partial charge < -0.3 is 4.90 Å². The van der Waals surface area contributed by atoms with Crippen molar-refractivity contribution < 1.29 is 9.18 Å². The van der Waals surface area contributed by atoms with Crippen LogP contribution in [0.3, 0.4) is 0 Å². The molecule has 0 fully saturated rings. The van der Waals surface area contributed by atoms with Crippen molar-refractivity contribution in [2.45, 2.75) is 6.92 Å². The molecule has 0 saturated carbocycles. The molecule has 2 rings (SSSR count). The second-order valence-electron chi connectivity index (χ2n) is 4.16. The molecule has 0 N–H and O–H groups in total. The summed E-state index contributed by atoms with van der Waals surface area (Å²) in [4.78, 5) is 14.2. The van der Waals surface area contributed by atoms with Gasteiger partial charge in [-0.25, -0.2) is 4.39 Å². The molecule has 2 aromatic rings. The van der Waals surface area contributed by atoms with E-state index in [-0.39, 0.29) is 18.1 Å². The van der Waals surface area contributed by atoms with Crippen LogP contribution in [0.5, 0.6) is 0 Å². The first-order chi connectivity index (χ1) is 9.51. The number of anilines is 1. The van der Waals surface area contributed by atoms with Gasteiger partial charge in [-0.3, -0.25) is 4.79 Å². The van der Waals surface area contributed by atoms with Crippen molar-refractivity contribution in [2.24, 2.45) is 0 Å². The molecule has 6 heteroatoms. The van der Waals surface area contributed by atoms with E-state index in [1.165, 1.54) is 23.5 Å². The topological polar surface area (TPSA) is 20.3 Å². The van der Waals surface area contributed by atoms with Crippen molar-refractivity contribution in [1.82, 2.24) is 0 Å². The number of hydrogen-bond acceptors (Lipinski definition) is 3. The van der Waals surface area contributed by atoms with Gasteiger partial charge in [-0.05, 0) is 63.0 Å². The van der Waals surface area contributed by atoms with Crippen molar-refractivity contribution in [2.75, 3.05) is 18.0 Å². The van der Waals surface area contributed by atoms with E-state index in [0.29, 0.717) is 17.8 Å². The summed E-state index contributed by atoms with van der Waals surface area (Å²) < 4.78 is 15.0. The number of Topliss-reactive ketones (excluding diaryl/α,β-unsaturated/α-hetero) is 1. The van der Waals surface area contributed by atoms with Gasteiger partial charge in [-0.1, -0.05) is 6.07 Å². The number of thiophene rings is 1. The fraction of sp³-hybridized carbons (Fsp3) is 0.214. The van der Waals surface area contributed by atoms with Gasteiger partial charge in [0, 0.05) is 17.8 Å². The summed E-state index contributed by atoms with van der Waals surface area (Å²) in [6.07, 6.45) is 0. The van der Waals surface area contributed by atoms with Gasteiger partial charge in [0.2, 0.25) is 0 Å². The minimum atomic E-state index is -0.298. The standard InChI is InChI=1S/C14H12Br2FNOS/c1-2-18(10-5-3-4-9(17)6-10)8-12(19)11-7-13(15)20-14(11)16/h3-7H,2,8H2,1H3. The van der Waals surface area contributed by atoms with Crippen LogP contribution in [0.15, 0.2) is 37.9 Å². The van der Waals surface area contributed by atoms with Crippen molar-refractivity contribution in [3.05, 3.63) is 49.3 Å². The highest BCUT2D eigenvalue weighted by atomic mass is 79.9. The maximum absolute atomic E-state index is 13.3. The number of benzene rings is 1. The lowest BCUT2D eigenvalue weighted by atomic mass is 10.2. The molecule has 0 spiro atoms. The lowest BCUT2D eigenvalue weighted by Gasteiger charge is -2.22. The van der Waals surface area contributed by atoms with Gasteiger partial charge in [0.1, 0.15) is 5.82 Å². The second kappa shape index (κ2) is 6.83. The van der Waals surface area contributed by atoms with Gasteiger partial charge in [0.25, 0.3) is 0 Å². The molecule has 0 bridgehead atoms. The molecule has 1 heterocycles. The lowest BCUT2D eigenvalue weighted by molar-refractivity contribution is 0.0999. The van der Waals surface area contributed by atoms with E-state index in [1.54, 1.807) is 18.2 Å². The number of nitrogens with zero attached hydrogens (tertiary/aromatic N) is 1. The third-order valence-corrected chi connectivity index (χ3v) is 5.19. The van der Waals surface area contributed by atoms with Crippen LogP contribution < -0.4 is 4.90 Å². The fourth-order valence-corrected chi connectivity index (χ4v) is 4.70. The van der Waals surface area contributed by atoms with Gasteiger partial charge in [0.15, 0.2) is 5.78 Å². The molecule has 20 heavy (non-hydrogen) atoms. The van der Waals surface area contributed by atoms with Gasteiger partial charge >= 0.3 is 0 Å². The molecule has 0 amide bonds. The Balaban J connectivity index is 2.18. The van der Waals surface area contributed by atoms with Crippen LogP contribution in [0, 0.1) is 5.82 Å².